The van der Waals surface area contributed by atoms with Gasteiger partial charge in [0.2, 0.25) is 11.8 Å². The number of nitrogens with zero attached hydrogens (tertiary/aromatic N) is 1. The molecule has 0 aromatic heterocycles. The molecule has 1 aromatic carbocycles. The van der Waals surface area contributed by atoms with Crippen molar-refractivity contribution in [3.05, 3.63) is 35.1 Å². The van der Waals surface area contributed by atoms with E-state index in [0.717, 1.165) is 6.07 Å². The SMILES string of the molecule is CC(C)(C)OC[C@@H]1C(=O)NCCN1C(=O)C[C@H](N)Cc1cc(F)c(F)cc1F.O=P(O)(O)O. The van der Waals surface area contributed by atoms with Crippen LogP contribution < -0.4 is 11.1 Å². The summed E-state index contributed by atoms with van der Waals surface area (Å²) >= 11 is 0. The van der Waals surface area contributed by atoms with Crippen LogP contribution in [0.2, 0.25) is 0 Å². The van der Waals surface area contributed by atoms with Crippen molar-refractivity contribution < 1.29 is 46.7 Å². The smallest absolute Gasteiger partial charge is 0.373 e. The second-order valence-corrected chi connectivity index (χ2v) is 9.38. The van der Waals surface area contributed by atoms with Crippen molar-refractivity contribution in [3.8, 4) is 0 Å². The van der Waals surface area contributed by atoms with E-state index >= 15 is 0 Å². The normalized spacial score (nSPS) is 17.7. The van der Waals surface area contributed by atoms with E-state index < -0.39 is 43.0 Å². The van der Waals surface area contributed by atoms with E-state index in [9.17, 15) is 22.8 Å². The molecule has 0 unspecified atom stereocenters. The molecule has 14 heteroatoms. The Morgan fingerprint density at radius 2 is 1.79 bits per heavy atom. The first kappa shape index (κ1) is 29.0. The van der Waals surface area contributed by atoms with E-state index in [1.165, 1.54) is 4.90 Å². The van der Waals surface area contributed by atoms with Gasteiger partial charge in [-0.05, 0) is 38.8 Å². The first-order valence-corrected chi connectivity index (χ1v) is 11.4. The Kier molecular flexibility index (Phi) is 10.5. The summed E-state index contributed by atoms with van der Waals surface area (Å²) in [6.07, 6.45) is -0.310. The molecule has 188 valence electrons. The molecule has 1 aliphatic rings. The third kappa shape index (κ3) is 11.1. The molecule has 0 spiro atoms. The van der Waals surface area contributed by atoms with Gasteiger partial charge in [-0.15, -0.1) is 0 Å². The summed E-state index contributed by atoms with van der Waals surface area (Å²) in [6.45, 7) is 6.16. The Balaban J connectivity index is 0.000000981. The maximum absolute atomic E-state index is 13.8. The fourth-order valence-electron chi connectivity index (χ4n) is 2.92. The van der Waals surface area contributed by atoms with E-state index in [1.807, 2.05) is 20.8 Å². The van der Waals surface area contributed by atoms with Crippen LogP contribution in [0.25, 0.3) is 0 Å². The third-order valence-corrected chi connectivity index (χ3v) is 4.33. The maximum Gasteiger partial charge on any atom is 0.466 e. The van der Waals surface area contributed by atoms with E-state index in [2.05, 4.69) is 5.32 Å². The molecule has 10 nitrogen and oxygen atoms in total. The number of nitrogens with two attached hydrogens (primary N) is 1. The monoisotopic (exact) mass is 499 g/mol. The Labute approximate surface area is 189 Å². The van der Waals surface area contributed by atoms with Gasteiger partial charge in [0.25, 0.3) is 0 Å². The largest absolute Gasteiger partial charge is 0.466 e. The quantitative estimate of drug-likeness (QED) is 0.280. The van der Waals surface area contributed by atoms with Crippen molar-refractivity contribution in [1.82, 2.24) is 10.2 Å². The van der Waals surface area contributed by atoms with Gasteiger partial charge in [-0.3, -0.25) is 9.59 Å². The van der Waals surface area contributed by atoms with E-state index in [0.29, 0.717) is 19.2 Å². The first-order chi connectivity index (χ1) is 15.0. The summed E-state index contributed by atoms with van der Waals surface area (Å²) < 4.78 is 54.7. The average molecular weight is 499 g/mol. The molecule has 33 heavy (non-hydrogen) atoms. The predicted molar refractivity (Wildman–Crippen MR) is 111 cm³/mol. The maximum atomic E-state index is 13.8. The van der Waals surface area contributed by atoms with Crippen LogP contribution in [0.5, 0.6) is 0 Å². The van der Waals surface area contributed by atoms with Crippen molar-refractivity contribution in [2.24, 2.45) is 5.73 Å². The number of carbonyl (C=O) groups is 2. The van der Waals surface area contributed by atoms with E-state index in [1.54, 1.807) is 0 Å². The van der Waals surface area contributed by atoms with Crippen LogP contribution in [0.4, 0.5) is 13.2 Å². The number of amides is 2. The van der Waals surface area contributed by atoms with Crippen LogP contribution in [-0.4, -0.2) is 68.8 Å². The summed E-state index contributed by atoms with van der Waals surface area (Å²) in [5.74, 6) is -4.08. The Morgan fingerprint density at radius 1 is 1.24 bits per heavy atom. The molecule has 0 saturated carbocycles. The summed E-state index contributed by atoms with van der Waals surface area (Å²) in [7, 11) is -4.64. The molecule has 0 radical (unpaired) electrons. The molecular weight excluding hydrogens is 470 g/mol. The minimum Gasteiger partial charge on any atom is -0.373 e. The van der Waals surface area contributed by atoms with Gasteiger partial charge in [0.1, 0.15) is 11.9 Å². The second kappa shape index (κ2) is 11.9. The van der Waals surface area contributed by atoms with Crippen molar-refractivity contribution >= 4 is 19.6 Å². The number of hydrogen-bond donors (Lipinski definition) is 5. The zero-order valence-electron chi connectivity index (χ0n) is 18.4. The van der Waals surface area contributed by atoms with Crippen LogP contribution in [0.1, 0.15) is 32.8 Å². The minimum absolute atomic E-state index is 0.0358. The fraction of sp³-hybridized carbons (Fsp3) is 0.579. The topological polar surface area (TPSA) is 162 Å². The van der Waals surface area contributed by atoms with Crippen LogP contribution in [0.15, 0.2) is 12.1 Å². The van der Waals surface area contributed by atoms with Gasteiger partial charge >= 0.3 is 7.82 Å². The highest BCUT2D eigenvalue weighted by Gasteiger charge is 2.34. The first-order valence-electron chi connectivity index (χ1n) is 9.86. The van der Waals surface area contributed by atoms with Gasteiger partial charge < -0.3 is 35.4 Å². The Morgan fingerprint density at radius 3 is 2.33 bits per heavy atom. The predicted octanol–water partition coefficient (Wildman–Crippen LogP) is 0.577. The molecular formula is C19H29F3N3O7P. The van der Waals surface area contributed by atoms with Crippen LogP contribution in [-0.2, 0) is 25.3 Å². The van der Waals surface area contributed by atoms with Gasteiger partial charge in [-0.25, -0.2) is 17.7 Å². The van der Waals surface area contributed by atoms with Gasteiger partial charge in [0.15, 0.2) is 11.6 Å². The standard InChI is InChI=1S/C19H26F3N3O3.H3O4P/c1-19(2,3)28-10-16-18(27)24-4-5-25(16)17(26)8-12(23)6-11-7-14(21)15(22)9-13(11)20;1-5(2,3)4/h7,9,12,16H,4-6,8,10,23H2,1-3H3,(H,24,27);(H3,1,2,3,4)/t12-,16-;/m1./s1. The Bertz CT molecular complexity index is 884. The van der Waals surface area contributed by atoms with Crippen molar-refractivity contribution in [1.29, 1.82) is 0 Å². The highest BCUT2D eigenvalue weighted by Crippen LogP contribution is 2.25. The van der Waals surface area contributed by atoms with Gasteiger partial charge in [-0.1, -0.05) is 0 Å². The molecule has 2 atom stereocenters. The molecule has 0 bridgehead atoms. The fourth-order valence-corrected chi connectivity index (χ4v) is 2.92. The van der Waals surface area contributed by atoms with Crippen LogP contribution in [0.3, 0.4) is 0 Å². The zero-order chi connectivity index (χ0) is 25.6. The number of phosphoric acid groups is 1. The number of piperazine rings is 1. The van der Waals surface area contributed by atoms with Gasteiger partial charge in [0, 0.05) is 31.6 Å². The lowest BCUT2D eigenvalue weighted by molar-refractivity contribution is -0.148. The average Bonchev–Trinajstić information content (AvgIpc) is 2.62. The van der Waals surface area contributed by atoms with Crippen LogP contribution >= 0.6 is 7.82 Å². The number of halogens is 3. The Hall–Kier alpha value is -2.02. The lowest BCUT2D eigenvalue weighted by Gasteiger charge is -2.36. The van der Waals surface area contributed by atoms with Crippen molar-refractivity contribution in [3.63, 3.8) is 0 Å². The molecule has 1 aromatic rings. The summed E-state index contributed by atoms with van der Waals surface area (Å²) in [5.41, 5.74) is 5.34. The molecule has 2 rings (SSSR count). The lowest BCUT2D eigenvalue weighted by Crippen LogP contribution is -2.60. The number of nitrogens with one attached hydrogen (secondary N) is 1. The summed E-state index contributed by atoms with van der Waals surface area (Å²) in [6, 6.07) is -0.411. The van der Waals surface area contributed by atoms with E-state index in [-0.39, 0.29) is 36.8 Å². The molecule has 1 aliphatic heterocycles. The summed E-state index contributed by atoms with van der Waals surface area (Å²) in [4.78, 5) is 47.8. The van der Waals surface area contributed by atoms with Gasteiger partial charge in [-0.2, -0.15) is 0 Å². The number of carbonyl (C=O) groups excluding carboxylic acids is 2. The lowest BCUT2D eigenvalue weighted by atomic mass is 10.0. The zero-order valence-corrected chi connectivity index (χ0v) is 19.3. The molecule has 1 saturated heterocycles. The summed E-state index contributed by atoms with van der Waals surface area (Å²) in [5, 5.41) is 2.69. The molecule has 2 amide bonds. The van der Waals surface area contributed by atoms with Gasteiger partial charge in [0.05, 0.1) is 12.2 Å². The molecule has 1 heterocycles. The number of ether oxygens (including phenoxy) is 1. The van der Waals surface area contributed by atoms with E-state index in [4.69, 9.17) is 29.7 Å². The van der Waals surface area contributed by atoms with Crippen molar-refractivity contribution in [2.75, 3.05) is 19.7 Å². The number of hydrogen-bond acceptors (Lipinski definition) is 5. The van der Waals surface area contributed by atoms with Crippen molar-refractivity contribution in [2.45, 2.75) is 51.3 Å². The number of benzene rings is 1. The third-order valence-electron chi connectivity index (χ3n) is 4.33. The molecule has 1 fully saturated rings. The second-order valence-electron chi connectivity index (χ2n) is 8.36. The minimum atomic E-state index is -4.64. The highest BCUT2D eigenvalue weighted by molar-refractivity contribution is 7.45. The molecule has 6 N–H and O–H groups in total. The highest BCUT2D eigenvalue weighted by atomic mass is 31.2. The molecule has 0 aliphatic carbocycles. The number of rotatable bonds is 6. The van der Waals surface area contributed by atoms with Crippen LogP contribution in [0, 0.1) is 17.5 Å².